The van der Waals surface area contributed by atoms with E-state index >= 15 is 0 Å². The number of hydrogen-bond donors (Lipinski definition) is 1. The zero-order valence-corrected chi connectivity index (χ0v) is 10.2. The first-order chi connectivity index (χ1) is 8.49. The fourth-order valence-corrected chi connectivity index (χ4v) is 1.69. The van der Waals surface area contributed by atoms with Crippen molar-refractivity contribution in [2.75, 3.05) is 0 Å². The van der Waals surface area contributed by atoms with Crippen LogP contribution in [0.5, 0.6) is 0 Å². The van der Waals surface area contributed by atoms with Crippen LogP contribution in [0.15, 0.2) is 35.3 Å². The number of aromatic nitrogens is 2. The summed E-state index contributed by atoms with van der Waals surface area (Å²) in [5, 5.41) is 13.0. The molecule has 5 nitrogen and oxygen atoms in total. The molecule has 92 valence electrons. The summed E-state index contributed by atoms with van der Waals surface area (Å²) in [4.78, 5) is 22.2. The number of rotatable bonds is 2. The molecule has 2 aromatic rings. The number of carboxylic acids is 1. The van der Waals surface area contributed by atoms with Gasteiger partial charge in [-0.25, -0.2) is 9.48 Å². The molecule has 0 bridgehead atoms. The minimum atomic E-state index is -1.36. The number of carbonyl (C=O) groups is 1. The molecule has 1 N–H and O–H groups in total. The van der Waals surface area contributed by atoms with Crippen LogP contribution in [0.3, 0.4) is 0 Å². The fraction of sp³-hybridized carbons (Fsp3) is 0.0833. The Kier molecular flexibility index (Phi) is 3.16. The van der Waals surface area contributed by atoms with Gasteiger partial charge in [0.15, 0.2) is 0 Å². The molecule has 2 rings (SSSR count). The van der Waals surface area contributed by atoms with Gasteiger partial charge in [-0.05, 0) is 24.6 Å². The van der Waals surface area contributed by atoms with E-state index in [0.29, 0.717) is 10.7 Å². The average Bonchev–Trinajstić information content (AvgIpc) is 2.33. The molecular formula is C12H9ClN2O3. The summed E-state index contributed by atoms with van der Waals surface area (Å²) < 4.78 is 1.28. The van der Waals surface area contributed by atoms with Crippen LogP contribution in [0.4, 0.5) is 0 Å². The highest BCUT2D eigenvalue weighted by atomic mass is 35.5. The van der Waals surface area contributed by atoms with Crippen molar-refractivity contribution >= 4 is 17.6 Å². The molecule has 1 heterocycles. The van der Waals surface area contributed by atoms with Gasteiger partial charge >= 0.3 is 5.97 Å². The third kappa shape index (κ3) is 2.26. The van der Waals surface area contributed by atoms with E-state index < -0.39 is 17.1 Å². The van der Waals surface area contributed by atoms with Crippen LogP contribution in [0, 0.1) is 6.92 Å². The summed E-state index contributed by atoms with van der Waals surface area (Å²) in [5.74, 6) is -1.36. The monoisotopic (exact) mass is 264 g/mol. The molecule has 0 aliphatic carbocycles. The molecule has 0 amide bonds. The SMILES string of the molecule is Cc1ccc(Cl)c(-n2ccc(=O)c(C(=O)O)n2)c1. The molecule has 1 aromatic carbocycles. The van der Waals surface area contributed by atoms with Gasteiger partial charge < -0.3 is 5.11 Å². The zero-order chi connectivity index (χ0) is 13.3. The number of halogens is 1. The normalized spacial score (nSPS) is 10.3. The lowest BCUT2D eigenvalue weighted by Crippen LogP contribution is -2.20. The van der Waals surface area contributed by atoms with Gasteiger partial charge in [0.05, 0.1) is 10.7 Å². The minimum absolute atomic E-state index is 0.424. The maximum absolute atomic E-state index is 11.3. The molecule has 0 saturated carbocycles. The molecule has 6 heteroatoms. The van der Waals surface area contributed by atoms with Gasteiger partial charge in [-0.3, -0.25) is 4.79 Å². The van der Waals surface area contributed by atoms with E-state index in [9.17, 15) is 9.59 Å². The summed E-state index contributed by atoms with van der Waals surface area (Å²) in [6.07, 6.45) is 1.38. The summed E-state index contributed by atoms with van der Waals surface area (Å²) in [6.45, 7) is 1.88. The highest BCUT2D eigenvalue weighted by molar-refractivity contribution is 6.32. The molecular weight excluding hydrogens is 256 g/mol. The van der Waals surface area contributed by atoms with E-state index in [4.69, 9.17) is 16.7 Å². The Bertz CT molecular complexity index is 679. The first-order valence-corrected chi connectivity index (χ1v) is 5.46. The van der Waals surface area contributed by atoms with E-state index in [-0.39, 0.29) is 0 Å². The first-order valence-electron chi connectivity index (χ1n) is 5.09. The van der Waals surface area contributed by atoms with Gasteiger partial charge in [0.1, 0.15) is 0 Å². The molecule has 0 aliphatic rings. The second-order valence-corrected chi connectivity index (χ2v) is 4.14. The molecule has 0 aliphatic heterocycles. The summed E-state index contributed by atoms with van der Waals surface area (Å²) in [5.41, 5.74) is 0.309. The largest absolute Gasteiger partial charge is 0.476 e. The van der Waals surface area contributed by atoms with E-state index in [0.717, 1.165) is 11.6 Å². The van der Waals surface area contributed by atoms with Crippen LogP contribution >= 0.6 is 11.6 Å². The summed E-state index contributed by atoms with van der Waals surface area (Å²) in [7, 11) is 0. The van der Waals surface area contributed by atoms with E-state index in [2.05, 4.69) is 5.10 Å². The van der Waals surface area contributed by atoms with Crippen molar-refractivity contribution in [2.24, 2.45) is 0 Å². The molecule has 0 atom stereocenters. The molecule has 0 unspecified atom stereocenters. The van der Waals surface area contributed by atoms with Crippen molar-refractivity contribution in [1.29, 1.82) is 0 Å². The lowest BCUT2D eigenvalue weighted by atomic mass is 10.2. The molecule has 0 fully saturated rings. The predicted octanol–water partition coefficient (Wildman–Crippen LogP) is 1.89. The van der Waals surface area contributed by atoms with Gasteiger partial charge in [-0.15, -0.1) is 0 Å². The average molecular weight is 265 g/mol. The Morgan fingerprint density at radius 2 is 2.11 bits per heavy atom. The fourth-order valence-electron chi connectivity index (χ4n) is 1.49. The Labute approximate surface area is 107 Å². The number of carboxylic acid groups (broad SMARTS) is 1. The molecule has 0 saturated heterocycles. The molecule has 1 aromatic heterocycles. The van der Waals surface area contributed by atoms with Crippen LogP contribution in [0.2, 0.25) is 5.02 Å². The van der Waals surface area contributed by atoms with Gasteiger partial charge in [0, 0.05) is 12.3 Å². The summed E-state index contributed by atoms with van der Waals surface area (Å²) in [6, 6.07) is 6.42. The van der Waals surface area contributed by atoms with Crippen molar-refractivity contribution in [3.8, 4) is 5.69 Å². The molecule has 0 spiro atoms. The first kappa shape index (κ1) is 12.3. The Morgan fingerprint density at radius 3 is 2.78 bits per heavy atom. The highest BCUT2D eigenvalue weighted by Gasteiger charge is 2.12. The van der Waals surface area contributed by atoms with Crippen LogP contribution in [0.25, 0.3) is 5.69 Å². The highest BCUT2D eigenvalue weighted by Crippen LogP contribution is 2.20. The maximum Gasteiger partial charge on any atom is 0.360 e. The second kappa shape index (κ2) is 4.62. The quantitative estimate of drug-likeness (QED) is 0.899. The number of aromatic carboxylic acids is 1. The van der Waals surface area contributed by atoms with Crippen LogP contribution in [-0.4, -0.2) is 20.9 Å². The Morgan fingerprint density at radius 1 is 1.39 bits per heavy atom. The van der Waals surface area contributed by atoms with Crippen molar-refractivity contribution < 1.29 is 9.90 Å². The summed E-state index contributed by atoms with van der Waals surface area (Å²) >= 11 is 6.02. The standard InChI is InChI=1S/C12H9ClN2O3/c1-7-2-3-8(13)9(6-7)15-5-4-10(16)11(14-15)12(17)18/h2-6H,1H3,(H,17,18). The third-order valence-electron chi connectivity index (χ3n) is 2.36. The van der Waals surface area contributed by atoms with Gasteiger partial charge in [-0.2, -0.15) is 5.10 Å². The van der Waals surface area contributed by atoms with Gasteiger partial charge in [0.2, 0.25) is 11.1 Å². The van der Waals surface area contributed by atoms with Crippen LogP contribution < -0.4 is 5.43 Å². The Hall–Kier alpha value is -2.14. The predicted molar refractivity (Wildman–Crippen MR) is 66.5 cm³/mol. The third-order valence-corrected chi connectivity index (χ3v) is 2.68. The molecule has 18 heavy (non-hydrogen) atoms. The van der Waals surface area contributed by atoms with Crippen molar-refractivity contribution in [1.82, 2.24) is 9.78 Å². The maximum atomic E-state index is 11.3. The van der Waals surface area contributed by atoms with Crippen LogP contribution in [-0.2, 0) is 0 Å². The van der Waals surface area contributed by atoms with Crippen molar-refractivity contribution in [2.45, 2.75) is 6.92 Å². The van der Waals surface area contributed by atoms with E-state index in [1.54, 1.807) is 12.1 Å². The van der Waals surface area contributed by atoms with Crippen molar-refractivity contribution in [3.05, 3.63) is 57.0 Å². The lowest BCUT2D eigenvalue weighted by molar-refractivity contribution is 0.0687. The number of nitrogens with zero attached hydrogens (tertiary/aromatic N) is 2. The molecule has 0 radical (unpaired) electrons. The minimum Gasteiger partial charge on any atom is -0.476 e. The smallest absolute Gasteiger partial charge is 0.360 e. The Balaban J connectivity index is 2.65. The zero-order valence-electron chi connectivity index (χ0n) is 9.42. The van der Waals surface area contributed by atoms with Crippen molar-refractivity contribution in [3.63, 3.8) is 0 Å². The van der Waals surface area contributed by atoms with Gasteiger partial charge in [0.25, 0.3) is 0 Å². The number of aryl methyl sites for hydroxylation is 1. The topological polar surface area (TPSA) is 72.2 Å². The lowest BCUT2D eigenvalue weighted by Gasteiger charge is -2.08. The number of benzene rings is 1. The number of hydrogen-bond acceptors (Lipinski definition) is 3. The van der Waals surface area contributed by atoms with Crippen LogP contribution in [0.1, 0.15) is 16.1 Å². The van der Waals surface area contributed by atoms with E-state index in [1.165, 1.54) is 10.9 Å². The van der Waals surface area contributed by atoms with E-state index in [1.807, 2.05) is 13.0 Å². The second-order valence-electron chi connectivity index (χ2n) is 3.73. The van der Waals surface area contributed by atoms with Gasteiger partial charge in [-0.1, -0.05) is 17.7 Å².